The van der Waals surface area contributed by atoms with Crippen LogP contribution in [0.25, 0.3) is 0 Å². The number of nitrogens with one attached hydrogen (secondary N) is 1. The highest BCUT2D eigenvalue weighted by Gasteiger charge is 2.37. The monoisotopic (exact) mass is 458 g/mol. The quantitative estimate of drug-likeness (QED) is 0.673. The lowest BCUT2D eigenvalue weighted by Crippen LogP contribution is -2.54. The Bertz CT molecular complexity index is 818. The summed E-state index contributed by atoms with van der Waals surface area (Å²) in [5.41, 5.74) is -2.51. The molecule has 9 heteroatoms. The molecule has 1 aromatic carbocycles. The first-order valence-electron chi connectivity index (χ1n) is 10.7. The molecule has 0 radical (unpaired) electrons. The molecule has 2 rings (SSSR count). The Balaban J connectivity index is 1.93. The van der Waals surface area contributed by atoms with Gasteiger partial charge in [-0.1, -0.05) is 12.1 Å². The van der Waals surface area contributed by atoms with E-state index in [4.69, 9.17) is 9.47 Å². The summed E-state index contributed by atoms with van der Waals surface area (Å²) in [7, 11) is 0. The maximum absolute atomic E-state index is 13.2. The second-order valence-corrected chi connectivity index (χ2v) is 9.88. The van der Waals surface area contributed by atoms with Gasteiger partial charge in [-0.15, -0.1) is 0 Å². The Morgan fingerprint density at radius 1 is 1.12 bits per heavy atom. The van der Waals surface area contributed by atoms with Gasteiger partial charge in [0.25, 0.3) is 0 Å². The summed E-state index contributed by atoms with van der Waals surface area (Å²) >= 11 is 0. The molecule has 0 aliphatic carbocycles. The third-order valence-corrected chi connectivity index (χ3v) is 5.24. The minimum atomic E-state index is -4.54. The topological polar surface area (TPSA) is 67.9 Å². The number of amides is 2. The largest absolute Gasteiger partial charge is 0.492 e. The van der Waals surface area contributed by atoms with Crippen molar-refractivity contribution in [2.45, 2.75) is 78.2 Å². The molecule has 1 aliphatic rings. The van der Waals surface area contributed by atoms with Crippen molar-refractivity contribution in [1.82, 2.24) is 10.2 Å². The lowest BCUT2D eigenvalue weighted by Gasteiger charge is -2.39. The predicted molar refractivity (Wildman–Crippen MR) is 114 cm³/mol. The van der Waals surface area contributed by atoms with Crippen molar-refractivity contribution in [3.63, 3.8) is 0 Å². The average Bonchev–Trinajstić information content (AvgIpc) is 2.64. The molecule has 1 saturated heterocycles. The van der Waals surface area contributed by atoms with E-state index < -0.39 is 22.8 Å². The predicted octanol–water partition coefficient (Wildman–Crippen LogP) is 5.01. The molecule has 180 valence electrons. The van der Waals surface area contributed by atoms with E-state index in [0.717, 1.165) is 6.07 Å². The van der Waals surface area contributed by atoms with E-state index in [1.807, 2.05) is 6.92 Å². The van der Waals surface area contributed by atoms with E-state index in [1.54, 1.807) is 39.5 Å². The highest BCUT2D eigenvalue weighted by Crippen LogP contribution is 2.36. The number of benzene rings is 1. The van der Waals surface area contributed by atoms with Gasteiger partial charge in [0.1, 0.15) is 18.0 Å². The van der Waals surface area contributed by atoms with Gasteiger partial charge in [-0.3, -0.25) is 4.79 Å². The first-order chi connectivity index (χ1) is 14.6. The number of nitrogens with zero attached hydrogens (tertiary/aromatic N) is 1. The number of halogens is 3. The summed E-state index contributed by atoms with van der Waals surface area (Å²) < 4.78 is 50.3. The van der Waals surface area contributed by atoms with Gasteiger partial charge in [-0.05, 0) is 66.5 Å². The van der Waals surface area contributed by atoms with E-state index in [2.05, 4.69) is 5.32 Å². The molecule has 0 bridgehead atoms. The number of alkyl halides is 3. The molecule has 1 aliphatic heterocycles. The van der Waals surface area contributed by atoms with Gasteiger partial charge in [-0.2, -0.15) is 13.2 Å². The summed E-state index contributed by atoms with van der Waals surface area (Å²) in [6, 6.07) is 4.66. The highest BCUT2D eigenvalue weighted by atomic mass is 19.4. The summed E-state index contributed by atoms with van der Waals surface area (Å²) in [5, 5.41) is 2.96. The van der Waals surface area contributed by atoms with Crippen LogP contribution in [0.5, 0.6) is 5.75 Å². The van der Waals surface area contributed by atoms with Crippen molar-refractivity contribution in [1.29, 1.82) is 0 Å². The van der Waals surface area contributed by atoms with Crippen molar-refractivity contribution >= 4 is 12.0 Å². The first-order valence-corrected chi connectivity index (χ1v) is 10.7. The average molecular weight is 459 g/mol. The molecular weight excluding hydrogens is 425 g/mol. The van der Waals surface area contributed by atoms with Crippen LogP contribution in [0.4, 0.5) is 18.0 Å². The molecule has 2 atom stereocenters. The number of rotatable bonds is 5. The SMILES string of the molecule is CC1CC(NC(=O)C(C)(C)COc2ccccc2C(F)(F)F)CCN1C(=O)OC(C)(C)C. The lowest BCUT2D eigenvalue weighted by molar-refractivity contribution is -0.139. The fraction of sp³-hybridized carbons (Fsp3) is 0.652. The zero-order valence-corrected chi connectivity index (χ0v) is 19.5. The Morgan fingerprint density at radius 2 is 1.75 bits per heavy atom. The number of likely N-dealkylation sites (tertiary alicyclic amines) is 1. The molecular formula is C23H33F3N2O4. The van der Waals surface area contributed by atoms with Crippen molar-refractivity contribution < 1.29 is 32.2 Å². The summed E-state index contributed by atoms with van der Waals surface area (Å²) in [5.74, 6) is -0.620. The Kier molecular flexibility index (Phi) is 7.73. The van der Waals surface area contributed by atoms with Crippen LogP contribution in [0.2, 0.25) is 0 Å². The molecule has 1 fully saturated rings. The van der Waals surface area contributed by atoms with Gasteiger partial charge in [0, 0.05) is 18.6 Å². The van der Waals surface area contributed by atoms with E-state index in [0.29, 0.717) is 19.4 Å². The number of carbonyl (C=O) groups excluding carboxylic acids is 2. The smallest absolute Gasteiger partial charge is 0.419 e. The number of carbonyl (C=O) groups is 2. The second kappa shape index (κ2) is 9.58. The molecule has 0 saturated carbocycles. The van der Waals surface area contributed by atoms with Gasteiger partial charge in [0.2, 0.25) is 5.91 Å². The van der Waals surface area contributed by atoms with Gasteiger partial charge in [0.15, 0.2) is 0 Å². The summed E-state index contributed by atoms with van der Waals surface area (Å²) in [4.78, 5) is 26.8. The molecule has 2 unspecified atom stereocenters. The minimum absolute atomic E-state index is 0.123. The van der Waals surface area contributed by atoms with Crippen LogP contribution in [0.1, 0.15) is 59.9 Å². The van der Waals surface area contributed by atoms with Crippen LogP contribution < -0.4 is 10.1 Å². The van der Waals surface area contributed by atoms with E-state index >= 15 is 0 Å². The summed E-state index contributed by atoms with van der Waals surface area (Å²) in [6.07, 6.45) is -3.81. The van der Waals surface area contributed by atoms with E-state index in [1.165, 1.54) is 18.2 Å². The van der Waals surface area contributed by atoms with Gasteiger partial charge in [-0.25, -0.2) is 4.79 Å². The second-order valence-electron chi connectivity index (χ2n) is 9.88. The molecule has 6 nitrogen and oxygen atoms in total. The maximum atomic E-state index is 13.2. The van der Waals surface area contributed by atoms with Crippen LogP contribution in [0.15, 0.2) is 24.3 Å². The van der Waals surface area contributed by atoms with Crippen LogP contribution in [0, 0.1) is 5.41 Å². The highest BCUT2D eigenvalue weighted by molar-refractivity contribution is 5.82. The number of ether oxygens (including phenoxy) is 2. The molecule has 1 heterocycles. The Labute approximate surface area is 187 Å². The number of hydrogen-bond donors (Lipinski definition) is 1. The van der Waals surface area contributed by atoms with Crippen LogP contribution in [-0.4, -0.2) is 47.7 Å². The van der Waals surface area contributed by atoms with Crippen LogP contribution in [0.3, 0.4) is 0 Å². The lowest BCUT2D eigenvalue weighted by atomic mass is 9.91. The molecule has 1 aromatic rings. The molecule has 32 heavy (non-hydrogen) atoms. The van der Waals surface area contributed by atoms with Crippen molar-refractivity contribution in [2.75, 3.05) is 13.2 Å². The Hall–Kier alpha value is -2.45. The normalized spacial score (nSPS) is 20.0. The van der Waals surface area contributed by atoms with Crippen LogP contribution in [-0.2, 0) is 15.7 Å². The van der Waals surface area contributed by atoms with E-state index in [-0.39, 0.29) is 36.4 Å². The number of para-hydroxylation sites is 1. The maximum Gasteiger partial charge on any atom is 0.419 e. The van der Waals surface area contributed by atoms with Gasteiger partial charge in [0.05, 0.1) is 11.0 Å². The van der Waals surface area contributed by atoms with Gasteiger partial charge < -0.3 is 19.7 Å². The third-order valence-electron chi connectivity index (χ3n) is 5.24. The zero-order valence-electron chi connectivity index (χ0n) is 19.5. The molecule has 0 spiro atoms. The third kappa shape index (κ3) is 7.03. The van der Waals surface area contributed by atoms with Crippen molar-refractivity contribution in [3.8, 4) is 5.75 Å². The first kappa shape index (κ1) is 25.8. The fourth-order valence-corrected chi connectivity index (χ4v) is 3.43. The fourth-order valence-electron chi connectivity index (χ4n) is 3.43. The molecule has 0 aromatic heterocycles. The van der Waals surface area contributed by atoms with Gasteiger partial charge >= 0.3 is 12.3 Å². The zero-order chi connectivity index (χ0) is 24.3. The standard InChI is InChI=1S/C23H33F3N2O4/c1-15-13-16(11-12-28(15)20(30)32-21(2,3)4)27-19(29)22(5,6)14-31-18-10-8-7-9-17(18)23(24,25)26/h7-10,15-16H,11-14H2,1-6H3,(H,27,29). The van der Waals surface area contributed by atoms with Crippen molar-refractivity contribution in [2.24, 2.45) is 5.41 Å². The molecule has 2 amide bonds. The number of piperidine rings is 1. The Morgan fingerprint density at radius 3 is 2.31 bits per heavy atom. The minimum Gasteiger partial charge on any atom is -0.492 e. The number of hydrogen-bond acceptors (Lipinski definition) is 4. The molecule has 1 N–H and O–H groups in total. The van der Waals surface area contributed by atoms with Crippen LogP contribution >= 0.6 is 0 Å². The van der Waals surface area contributed by atoms with E-state index in [9.17, 15) is 22.8 Å². The summed E-state index contributed by atoms with van der Waals surface area (Å²) in [6.45, 7) is 10.8. The van der Waals surface area contributed by atoms with Crippen molar-refractivity contribution in [3.05, 3.63) is 29.8 Å².